The molecule has 2 N–H and O–H groups in total. The topological polar surface area (TPSA) is 106 Å². The Bertz CT molecular complexity index is 1180. The first-order chi connectivity index (χ1) is 18.6. The summed E-state index contributed by atoms with van der Waals surface area (Å²) in [5, 5.41) is 13.0. The molecule has 0 radical (unpaired) electrons. The zero-order valence-corrected chi connectivity index (χ0v) is 23.8. The second kappa shape index (κ2) is 12.3. The number of carboxylic acids is 1. The van der Waals surface area contributed by atoms with Crippen molar-refractivity contribution in [2.24, 2.45) is 0 Å². The molecule has 2 saturated heterocycles. The van der Waals surface area contributed by atoms with E-state index in [4.69, 9.17) is 11.6 Å². The normalized spacial score (nSPS) is 20.2. The fourth-order valence-corrected chi connectivity index (χ4v) is 6.13. The van der Waals surface area contributed by atoms with Gasteiger partial charge in [0, 0.05) is 38.3 Å². The van der Waals surface area contributed by atoms with E-state index in [-0.39, 0.29) is 30.1 Å². The SMILES string of the molecule is Cc1cc(Cl)nc(C)c1C(=O)NCCC(C)N1CCC(N2C(=O)N(C(C)C(=O)O)CC2c2ccccc2)CC1. The summed E-state index contributed by atoms with van der Waals surface area (Å²) >= 11 is 6.00. The average Bonchev–Trinajstić information content (AvgIpc) is 3.24. The summed E-state index contributed by atoms with van der Waals surface area (Å²) in [6, 6.07) is 10.6. The van der Waals surface area contributed by atoms with E-state index in [2.05, 4.69) is 22.1 Å². The molecule has 2 fully saturated rings. The van der Waals surface area contributed by atoms with Gasteiger partial charge in [-0.15, -0.1) is 0 Å². The number of hydrogen-bond acceptors (Lipinski definition) is 5. The number of carbonyl (C=O) groups excluding carboxylic acids is 2. The van der Waals surface area contributed by atoms with E-state index in [1.54, 1.807) is 19.9 Å². The third-order valence-corrected chi connectivity index (χ3v) is 8.33. The molecule has 2 aliphatic heterocycles. The minimum Gasteiger partial charge on any atom is -0.480 e. The number of pyridine rings is 1. The molecule has 2 aromatic rings. The lowest BCUT2D eigenvalue weighted by Gasteiger charge is -2.41. The van der Waals surface area contributed by atoms with Crippen molar-refractivity contribution in [3.8, 4) is 0 Å². The Morgan fingerprint density at radius 2 is 1.82 bits per heavy atom. The number of hydrogen-bond donors (Lipinski definition) is 2. The number of rotatable bonds is 9. The molecule has 3 atom stereocenters. The van der Waals surface area contributed by atoms with Crippen LogP contribution in [-0.2, 0) is 4.79 Å². The van der Waals surface area contributed by atoms with E-state index < -0.39 is 12.0 Å². The number of nitrogens with one attached hydrogen (secondary N) is 1. The molecule has 210 valence electrons. The number of benzene rings is 1. The van der Waals surface area contributed by atoms with Crippen molar-refractivity contribution in [2.45, 2.75) is 71.1 Å². The Kier molecular flexibility index (Phi) is 9.12. The van der Waals surface area contributed by atoms with E-state index in [1.807, 2.05) is 42.2 Å². The van der Waals surface area contributed by atoms with Crippen LogP contribution in [0.25, 0.3) is 0 Å². The van der Waals surface area contributed by atoms with Crippen LogP contribution >= 0.6 is 11.6 Å². The summed E-state index contributed by atoms with van der Waals surface area (Å²) < 4.78 is 0. The lowest BCUT2D eigenvalue weighted by molar-refractivity contribution is -0.141. The van der Waals surface area contributed by atoms with Gasteiger partial charge >= 0.3 is 12.0 Å². The van der Waals surface area contributed by atoms with Crippen LogP contribution < -0.4 is 5.32 Å². The largest absolute Gasteiger partial charge is 0.480 e. The summed E-state index contributed by atoms with van der Waals surface area (Å²) in [6.07, 6.45) is 2.43. The highest BCUT2D eigenvalue weighted by Gasteiger charge is 2.45. The molecule has 3 heterocycles. The van der Waals surface area contributed by atoms with Gasteiger partial charge in [-0.1, -0.05) is 41.9 Å². The van der Waals surface area contributed by atoms with Crippen molar-refractivity contribution in [1.82, 2.24) is 25.0 Å². The van der Waals surface area contributed by atoms with E-state index in [9.17, 15) is 19.5 Å². The van der Waals surface area contributed by atoms with Gasteiger partial charge in [-0.2, -0.15) is 0 Å². The van der Waals surface area contributed by atoms with Crippen molar-refractivity contribution in [1.29, 1.82) is 0 Å². The van der Waals surface area contributed by atoms with Crippen molar-refractivity contribution in [2.75, 3.05) is 26.2 Å². The van der Waals surface area contributed by atoms with E-state index >= 15 is 0 Å². The van der Waals surface area contributed by atoms with Crippen LogP contribution in [0.1, 0.15) is 66.3 Å². The van der Waals surface area contributed by atoms with Gasteiger partial charge in [0.25, 0.3) is 5.91 Å². The molecular formula is C29H38ClN5O4. The Hall–Kier alpha value is -3.17. The fraction of sp³-hybridized carbons (Fsp3) is 0.517. The molecule has 1 aromatic carbocycles. The molecule has 10 heteroatoms. The van der Waals surface area contributed by atoms with Crippen molar-refractivity contribution in [3.05, 3.63) is 63.9 Å². The van der Waals surface area contributed by atoms with Gasteiger partial charge in [0.2, 0.25) is 0 Å². The predicted molar refractivity (Wildman–Crippen MR) is 150 cm³/mol. The first-order valence-corrected chi connectivity index (χ1v) is 14.0. The van der Waals surface area contributed by atoms with Gasteiger partial charge in [-0.25, -0.2) is 14.6 Å². The Morgan fingerprint density at radius 3 is 2.44 bits per heavy atom. The molecule has 39 heavy (non-hydrogen) atoms. The van der Waals surface area contributed by atoms with Crippen LogP contribution in [0.15, 0.2) is 36.4 Å². The number of urea groups is 1. The molecule has 4 rings (SSSR count). The quantitative estimate of drug-likeness (QED) is 0.447. The number of aryl methyl sites for hydroxylation is 2. The lowest BCUT2D eigenvalue weighted by atomic mass is 9.98. The Labute approximate surface area is 235 Å². The third kappa shape index (κ3) is 6.36. The molecule has 3 unspecified atom stereocenters. The lowest BCUT2D eigenvalue weighted by Crippen LogP contribution is -2.50. The van der Waals surface area contributed by atoms with Crippen LogP contribution in [0.3, 0.4) is 0 Å². The number of aromatic nitrogens is 1. The van der Waals surface area contributed by atoms with Crippen molar-refractivity contribution in [3.63, 3.8) is 0 Å². The molecular weight excluding hydrogens is 518 g/mol. The van der Waals surface area contributed by atoms with Crippen LogP contribution in [0.4, 0.5) is 4.79 Å². The molecule has 0 spiro atoms. The van der Waals surface area contributed by atoms with Crippen LogP contribution in [-0.4, -0.2) is 87.0 Å². The van der Waals surface area contributed by atoms with E-state index in [1.165, 1.54) is 4.90 Å². The van der Waals surface area contributed by atoms with Gasteiger partial charge in [0.05, 0.1) is 17.3 Å². The summed E-state index contributed by atoms with van der Waals surface area (Å²) in [7, 11) is 0. The summed E-state index contributed by atoms with van der Waals surface area (Å²) in [4.78, 5) is 47.9. The molecule has 2 aliphatic rings. The van der Waals surface area contributed by atoms with Gasteiger partial charge in [0.1, 0.15) is 11.2 Å². The minimum absolute atomic E-state index is 0.0419. The maximum atomic E-state index is 13.5. The second-order valence-corrected chi connectivity index (χ2v) is 11.1. The predicted octanol–water partition coefficient (Wildman–Crippen LogP) is 4.28. The van der Waals surface area contributed by atoms with Gasteiger partial charge in [-0.3, -0.25) is 4.79 Å². The summed E-state index contributed by atoms with van der Waals surface area (Å²) in [6.45, 7) is 9.96. The summed E-state index contributed by atoms with van der Waals surface area (Å²) in [5.41, 5.74) is 3.03. The third-order valence-electron chi connectivity index (χ3n) is 8.14. The second-order valence-electron chi connectivity index (χ2n) is 10.7. The van der Waals surface area contributed by atoms with Crippen molar-refractivity contribution >= 4 is 29.5 Å². The smallest absolute Gasteiger partial charge is 0.326 e. The Balaban J connectivity index is 1.34. The highest BCUT2D eigenvalue weighted by atomic mass is 35.5. The summed E-state index contributed by atoms with van der Waals surface area (Å²) in [5.74, 6) is -1.13. The number of carboxylic acid groups (broad SMARTS) is 1. The molecule has 3 amide bonds. The minimum atomic E-state index is -0.995. The Morgan fingerprint density at radius 1 is 1.15 bits per heavy atom. The number of amides is 3. The van der Waals surface area contributed by atoms with Crippen LogP contribution in [0, 0.1) is 13.8 Å². The number of nitrogens with zero attached hydrogens (tertiary/aromatic N) is 4. The number of aliphatic carboxylic acids is 1. The molecule has 0 aliphatic carbocycles. The van der Waals surface area contributed by atoms with E-state index in [0.29, 0.717) is 29.5 Å². The van der Waals surface area contributed by atoms with Gasteiger partial charge in [0.15, 0.2) is 0 Å². The van der Waals surface area contributed by atoms with Crippen LogP contribution in [0.5, 0.6) is 0 Å². The van der Waals surface area contributed by atoms with Gasteiger partial charge < -0.3 is 25.1 Å². The van der Waals surface area contributed by atoms with E-state index in [0.717, 1.165) is 43.5 Å². The molecule has 0 bridgehead atoms. The maximum Gasteiger partial charge on any atom is 0.326 e. The number of piperidine rings is 1. The number of likely N-dealkylation sites (tertiary alicyclic amines) is 1. The fourth-order valence-electron chi connectivity index (χ4n) is 5.84. The molecule has 0 saturated carbocycles. The first-order valence-electron chi connectivity index (χ1n) is 13.6. The van der Waals surface area contributed by atoms with Crippen LogP contribution in [0.2, 0.25) is 5.15 Å². The zero-order chi connectivity index (χ0) is 28.3. The average molecular weight is 556 g/mol. The van der Waals surface area contributed by atoms with Crippen molar-refractivity contribution < 1.29 is 19.5 Å². The monoisotopic (exact) mass is 555 g/mol. The number of halogens is 1. The number of carbonyl (C=O) groups is 3. The maximum absolute atomic E-state index is 13.5. The highest BCUT2D eigenvalue weighted by molar-refractivity contribution is 6.29. The highest BCUT2D eigenvalue weighted by Crippen LogP contribution is 2.36. The standard InChI is InChI=1S/C29H38ClN5O4/c1-18-16-25(30)32-20(3)26(18)27(36)31-13-10-19(2)33-14-11-23(12-15-33)35-24(22-8-6-5-7-9-22)17-34(29(35)39)21(4)28(37)38/h5-9,16,19,21,23-24H,10-15,17H2,1-4H3,(H,31,36)(H,37,38). The van der Waals surface area contributed by atoms with Gasteiger partial charge in [-0.05, 0) is 64.2 Å². The molecule has 9 nitrogen and oxygen atoms in total. The first kappa shape index (κ1) is 28.8. The zero-order valence-electron chi connectivity index (χ0n) is 23.1. The molecule has 1 aromatic heterocycles.